The number of hydrogen-bond donors (Lipinski definition) is 3. The van der Waals surface area contributed by atoms with E-state index >= 15 is 0 Å². The maximum Gasteiger partial charge on any atom is 0.255 e. The van der Waals surface area contributed by atoms with Gasteiger partial charge in [0.2, 0.25) is 11.9 Å². The number of anilines is 2. The summed E-state index contributed by atoms with van der Waals surface area (Å²) in [6.07, 6.45) is 3.38. The molecule has 1 aromatic carbocycles. The van der Waals surface area contributed by atoms with Crippen molar-refractivity contribution in [1.82, 2.24) is 19.9 Å². The minimum Gasteiger partial charge on any atom is -0.368 e. The Morgan fingerprint density at radius 2 is 1.86 bits per heavy atom. The molecule has 3 heterocycles. The molecule has 2 atom stereocenters. The number of aromatic nitrogens is 3. The second-order valence-corrected chi connectivity index (χ2v) is 8.76. The summed E-state index contributed by atoms with van der Waals surface area (Å²) in [6, 6.07) is 12.2. The van der Waals surface area contributed by atoms with E-state index in [9.17, 15) is 9.59 Å². The van der Waals surface area contributed by atoms with Gasteiger partial charge in [0, 0.05) is 68.0 Å². The molecular formula is C25H30N8O2. The first-order valence-electron chi connectivity index (χ1n) is 11.5. The molecule has 0 aliphatic carbocycles. The van der Waals surface area contributed by atoms with E-state index in [0.29, 0.717) is 23.8 Å². The molecule has 4 rings (SSSR count). The van der Waals surface area contributed by atoms with Crippen molar-refractivity contribution in [2.24, 2.45) is 12.8 Å². The predicted molar refractivity (Wildman–Crippen MR) is 137 cm³/mol. The number of rotatable bonds is 5. The number of amides is 1. The Morgan fingerprint density at radius 3 is 2.49 bits per heavy atom. The van der Waals surface area contributed by atoms with Gasteiger partial charge in [0.15, 0.2) is 0 Å². The van der Waals surface area contributed by atoms with Gasteiger partial charge < -0.3 is 20.9 Å². The first kappa shape index (κ1) is 24.1. The molecule has 1 amide bonds. The van der Waals surface area contributed by atoms with Gasteiger partial charge in [-0.2, -0.15) is 0 Å². The quantitative estimate of drug-likeness (QED) is 0.375. The molecule has 10 nitrogen and oxygen atoms in total. The van der Waals surface area contributed by atoms with Gasteiger partial charge in [0.25, 0.3) is 5.56 Å². The van der Waals surface area contributed by atoms with Crippen molar-refractivity contribution in [2.75, 3.05) is 29.4 Å². The van der Waals surface area contributed by atoms with Crippen LogP contribution in [0.3, 0.4) is 0 Å². The first-order chi connectivity index (χ1) is 16.7. The number of carbonyl (C=O) groups is 1. The summed E-state index contributed by atoms with van der Waals surface area (Å²) in [5.74, 6) is 0.281. The summed E-state index contributed by atoms with van der Waals surface area (Å²) < 4.78 is 1.59. The van der Waals surface area contributed by atoms with Crippen LogP contribution in [0.5, 0.6) is 0 Å². The van der Waals surface area contributed by atoms with Crippen LogP contribution in [0.25, 0.3) is 11.3 Å². The number of amidine groups is 1. The Morgan fingerprint density at radius 1 is 1.17 bits per heavy atom. The monoisotopic (exact) mass is 474 g/mol. The molecule has 1 fully saturated rings. The molecule has 0 saturated carbocycles. The predicted octanol–water partition coefficient (Wildman–Crippen LogP) is 1.35. The third-order valence-electron chi connectivity index (χ3n) is 6.15. The van der Waals surface area contributed by atoms with Crippen molar-refractivity contribution >= 4 is 23.4 Å². The van der Waals surface area contributed by atoms with Gasteiger partial charge in [-0.3, -0.25) is 24.5 Å². The molecule has 0 radical (unpaired) electrons. The fraction of sp³-hybridized carbons (Fsp3) is 0.320. The SMILES string of the molecule is C[C@H](N)C(=O)NC(=N)c1ccc(N2CCN(c3nc(-c4ccncc4)cc(=O)n3C)[C@H](C)C2)cc1. The molecule has 3 aromatic rings. The molecular weight excluding hydrogens is 444 g/mol. The van der Waals surface area contributed by atoms with Crippen LogP contribution in [0.4, 0.5) is 11.6 Å². The number of nitrogens with one attached hydrogen (secondary N) is 2. The van der Waals surface area contributed by atoms with Crippen LogP contribution in [0, 0.1) is 5.41 Å². The Hall–Kier alpha value is -4.05. The van der Waals surface area contributed by atoms with E-state index in [4.69, 9.17) is 16.1 Å². The number of nitrogens with two attached hydrogens (primary N) is 1. The van der Waals surface area contributed by atoms with Crippen LogP contribution >= 0.6 is 0 Å². The highest BCUT2D eigenvalue weighted by Crippen LogP contribution is 2.24. The van der Waals surface area contributed by atoms with Crippen LogP contribution in [0.2, 0.25) is 0 Å². The van der Waals surface area contributed by atoms with Gasteiger partial charge in [0.05, 0.1) is 11.7 Å². The summed E-state index contributed by atoms with van der Waals surface area (Å²) in [5.41, 5.74) is 8.58. The number of piperazine rings is 1. The number of benzene rings is 1. The number of carbonyl (C=O) groups excluding carboxylic acids is 1. The van der Waals surface area contributed by atoms with Gasteiger partial charge >= 0.3 is 0 Å². The number of nitrogens with zero attached hydrogens (tertiary/aromatic N) is 5. The zero-order chi connectivity index (χ0) is 25.1. The highest BCUT2D eigenvalue weighted by Gasteiger charge is 2.27. The van der Waals surface area contributed by atoms with E-state index in [-0.39, 0.29) is 23.3 Å². The average Bonchev–Trinajstić information content (AvgIpc) is 2.86. The normalized spacial score (nSPS) is 16.6. The second kappa shape index (κ2) is 10.1. The molecule has 1 aliphatic rings. The topological polar surface area (TPSA) is 133 Å². The molecule has 2 aromatic heterocycles. The van der Waals surface area contributed by atoms with Crippen LogP contribution in [0.1, 0.15) is 19.4 Å². The Kier molecular flexibility index (Phi) is 6.92. The Bertz CT molecular complexity index is 1270. The third kappa shape index (κ3) is 5.22. The lowest BCUT2D eigenvalue weighted by Crippen LogP contribution is -2.53. The van der Waals surface area contributed by atoms with Crippen molar-refractivity contribution in [2.45, 2.75) is 25.9 Å². The van der Waals surface area contributed by atoms with E-state index < -0.39 is 6.04 Å². The maximum absolute atomic E-state index is 12.7. The van der Waals surface area contributed by atoms with Crippen LogP contribution < -0.4 is 26.4 Å². The third-order valence-corrected chi connectivity index (χ3v) is 6.15. The van der Waals surface area contributed by atoms with E-state index in [1.807, 2.05) is 36.4 Å². The summed E-state index contributed by atoms with van der Waals surface area (Å²) in [4.78, 5) is 37.7. The molecule has 1 saturated heterocycles. The molecule has 1 aliphatic heterocycles. The van der Waals surface area contributed by atoms with E-state index in [0.717, 1.165) is 24.3 Å². The highest BCUT2D eigenvalue weighted by atomic mass is 16.2. The van der Waals surface area contributed by atoms with Gasteiger partial charge in [0.1, 0.15) is 5.84 Å². The first-order valence-corrected chi connectivity index (χ1v) is 11.5. The summed E-state index contributed by atoms with van der Waals surface area (Å²) in [5, 5.41) is 10.6. The van der Waals surface area contributed by atoms with Gasteiger partial charge in [-0.05, 0) is 50.2 Å². The molecule has 10 heteroatoms. The van der Waals surface area contributed by atoms with Crippen molar-refractivity contribution in [3.8, 4) is 11.3 Å². The lowest BCUT2D eigenvalue weighted by Gasteiger charge is -2.42. The fourth-order valence-electron chi connectivity index (χ4n) is 4.09. The van der Waals surface area contributed by atoms with E-state index in [1.54, 1.807) is 37.0 Å². The van der Waals surface area contributed by atoms with Gasteiger partial charge in [-0.15, -0.1) is 0 Å². The minimum atomic E-state index is -0.674. The van der Waals surface area contributed by atoms with Gasteiger partial charge in [-0.25, -0.2) is 4.98 Å². The maximum atomic E-state index is 12.7. The summed E-state index contributed by atoms with van der Waals surface area (Å²) in [7, 11) is 1.75. The van der Waals surface area contributed by atoms with Crippen LogP contribution in [-0.4, -0.2) is 58.0 Å². The molecule has 4 N–H and O–H groups in total. The van der Waals surface area contributed by atoms with Crippen LogP contribution in [0.15, 0.2) is 59.7 Å². The minimum absolute atomic E-state index is 0.0260. The molecule has 0 spiro atoms. The number of hydrogen-bond acceptors (Lipinski definition) is 8. The Labute approximate surface area is 203 Å². The standard InChI is InChI=1S/C25H30N8O2/c1-16-15-32(20-6-4-19(5-7-20)23(27)30-24(35)17(2)26)12-13-33(16)25-29-21(14-22(34)31(25)3)18-8-10-28-11-9-18/h4-11,14,16-17H,12-13,15,26H2,1-3H3,(H2,27,30,35)/t16-,17+/m1/s1. The largest absolute Gasteiger partial charge is 0.368 e. The van der Waals surface area contributed by atoms with Crippen molar-refractivity contribution in [3.63, 3.8) is 0 Å². The second-order valence-electron chi connectivity index (χ2n) is 8.76. The molecule has 0 unspecified atom stereocenters. The average molecular weight is 475 g/mol. The van der Waals surface area contributed by atoms with Crippen molar-refractivity contribution < 1.29 is 4.79 Å². The molecule has 0 bridgehead atoms. The van der Waals surface area contributed by atoms with Crippen molar-refractivity contribution in [1.29, 1.82) is 5.41 Å². The number of pyridine rings is 1. The van der Waals surface area contributed by atoms with E-state index in [2.05, 4.69) is 27.0 Å². The van der Waals surface area contributed by atoms with Crippen LogP contribution in [-0.2, 0) is 11.8 Å². The smallest absolute Gasteiger partial charge is 0.255 e. The zero-order valence-electron chi connectivity index (χ0n) is 20.1. The molecule has 35 heavy (non-hydrogen) atoms. The highest BCUT2D eigenvalue weighted by molar-refractivity contribution is 6.07. The lowest BCUT2D eigenvalue weighted by atomic mass is 10.1. The Balaban J connectivity index is 1.48. The summed E-state index contributed by atoms with van der Waals surface area (Å²) >= 11 is 0. The zero-order valence-corrected chi connectivity index (χ0v) is 20.1. The van der Waals surface area contributed by atoms with E-state index in [1.165, 1.54) is 0 Å². The van der Waals surface area contributed by atoms with Crippen molar-refractivity contribution in [3.05, 3.63) is 70.8 Å². The fourth-order valence-corrected chi connectivity index (χ4v) is 4.09. The van der Waals surface area contributed by atoms with Gasteiger partial charge in [-0.1, -0.05) is 0 Å². The molecule has 182 valence electrons. The lowest BCUT2D eigenvalue weighted by molar-refractivity contribution is -0.120. The summed E-state index contributed by atoms with van der Waals surface area (Å²) in [6.45, 7) is 5.88.